The van der Waals surface area contributed by atoms with E-state index in [-0.39, 0.29) is 12.1 Å². The van der Waals surface area contributed by atoms with Crippen molar-refractivity contribution < 1.29 is 13.2 Å². The van der Waals surface area contributed by atoms with E-state index in [1.54, 1.807) is 24.3 Å². The van der Waals surface area contributed by atoms with E-state index in [0.717, 1.165) is 24.0 Å². The third-order valence-corrected chi connectivity index (χ3v) is 7.17. The Morgan fingerprint density at radius 2 is 1.54 bits per heavy atom. The van der Waals surface area contributed by atoms with Gasteiger partial charge in [-0.15, -0.1) is 0 Å². The first-order chi connectivity index (χ1) is 13.6. The van der Waals surface area contributed by atoms with Crippen LogP contribution in [0.1, 0.15) is 23.2 Å². The fourth-order valence-electron chi connectivity index (χ4n) is 4.48. The Bertz CT molecular complexity index is 1100. The number of rotatable bonds is 4. The largest absolute Gasteiger partial charge is 0.379 e. The Morgan fingerprint density at radius 1 is 0.857 bits per heavy atom. The predicted octanol–water partition coefficient (Wildman–Crippen LogP) is 3.25. The summed E-state index contributed by atoms with van der Waals surface area (Å²) in [5.74, 6) is 0. The van der Waals surface area contributed by atoms with Crippen molar-refractivity contribution in [3.63, 3.8) is 0 Å². The van der Waals surface area contributed by atoms with Gasteiger partial charge in [0.1, 0.15) is 0 Å². The number of hydrogen-bond acceptors (Lipinski definition) is 4. The smallest absolute Gasteiger partial charge is 0.241 e. The van der Waals surface area contributed by atoms with Crippen molar-refractivity contribution in [2.24, 2.45) is 0 Å². The van der Waals surface area contributed by atoms with Crippen molar-refractivity contribution in [3.05, 3.63) is 77.9 Å². The van der Waals surface area contributed by atoms with E-state index in [4.69, 9.17) is 4.74 Å². The van der Waals surface area contributed by atoms with Crippen molar-refractivity contribution in [3.8, 4) is 0 Å². The van der Waals surface area contributed by atoms with Gasteiger partial charge in [0.25, 0.3) is 0 Å². The van der Waals surface area contributed by atoms with Crippen LogP contribution in [-0.2, 0) is 14.8 Å². The van der Waals surface area contributed by atoms with Gasteiger partial charge >= 0.3 is 0 Å². The summed E-state index contributed by atoms with van der Waals surface area (Å²) in [5, 5.41) is 2.32. The first-order valence-electron chi connectivity index (χ1n) is 9.56. The van der Waals surface area contributed by atoms with Crippen LogP contribution in [0.5, 0.6) is 0 Å². The molecule has 0 spiro atoms. The molecule has 3 aromatic carbocycles. The van der Waals surface area contributed by atoms with E-state index in [0.29, 0.717) is 18.1 Å². The Labute approximate surface area is 165 Å². The van der Waals surface area contributed by atoms with Crippen molar-refractivity contribution in [2.45, 2.75) is 17.0 Å². The predicted molar refractivity (Wildman–Crippen MR) is 109 cm³/mol. The van der Waals surface area contributed by atoms with Crippen molar-refractivity contribution in [1.29, 1.82) is 0 Å². The van der Waals surface area contributed by atoms with E-state index in [1.807, 2.05) is 18.2 Å². The molecule has 2 aliphatic rings. The second-order valence-corrected chi connectivity index (χ2v) is 9.01. The minimum Gasteiger partial charge on any atom is -0.379 e. The highest BCUT2D eigenvalue weighted by Gasteiger charge is 2.40. The number of hydrogen-bond donors (Lipinski definition) is 1. The lowest BCUT2D eigenvalue weighted by Gasteiger charge is -2.36. The van der Waals surface area contributed by atoms with Gasteiger partial charge in [-0.25, -0.2) is 13.1 Å². The van der Waals surface area contributed by atoms with Crippen LogP contribution in [0.2, 0.25) is 0 Å². The average Bonchev–Trinajstić information content (AvgIpc) is 3.04. The summed E-state index contributed by atoms with van der Waals surface area (Å²) >= 11 is 0. The highest BCUT2D eigenvalue weighted by Crippen LogP contribution is 2.47. The maximum Gasteiger partial charge on any atom is 0.241 e. The van der Waals surface area contributed by atoms with Gasteiger partial charge < -0.3 is 4.74 Å². The lowest BCUT2D eigenvalue weighted by molar-refractivity contribution is 0.0106. The minimum absolute atomic E-state index is 0.0384. The molecule has 1 aliphatic carbocycles. The Balaban J connectivity index is 1.61. The topological polar surface area (TPSA) is 58.6 Å². The van der Waals surface area contributed by atoms with Gasteiger partial charge in [0, 0.05) is 13.1 Å². The zero-order valence-corrected chi connectivity index (χ0v) is 16.2. The third kappa shape index (κ3) is 2.93. The van der Waals surface area contributed by atoms with Gasteiger partial charge in [-0.2, -0.15) is 0 Å². The first kappa shape index (κ1) is 17.8. The van der Waals surface area contributed by atoms with Crippen LogP contribution in [-0.4, -0.2) is 39.6 Å². The molecule has 0 radical (unpaired) electrons. The molecule has 1 aliphatic heterocycles. The van der Waals surface area contributed by atoms with E-state index >= 15 is 0 Å². The molecule has 3 aromatic rings. The summed E-state index contributed by atoms with van der Waals surface area (Å²) in [6, 6.07) is 20.6. The molecular weight excluding hydrogens is 372 g/mol. The van der Waals surface area contributed by atoms with E-state index in [9.17, 15) is 8.42 Å². The summed E-state index contributed by atoms with van der Waals surface area (Å²) in [7, 11) is -3.64. The van der Waals surface area contributed by atoms with Gasteiger partial charge in [-0.05, 0) is 34.0 Å². The van der Waals surface area contributed by atoms with E-state index in [2.05, 4.69) is 33.9 Å². The zero-order valence-electron chi connectivity index (χ0n) is 15.4. The average molecular weight is 394 g/mol. The number of benzene rings is 3. The summed E-state index contributed by atoms with van der Waals surface area (Å²) in [6.45, 7) is 2.92. The molecule has 2 atom stereocenters. The lowest BCUT2D eigenvalue weighted by atomic mass is 10.0. The molecule has 5 rings (SSSR count). The normalized spacial score (nSPS) is 22.6. The molecule has 0 aromatic heterocycles. The maximum atomic E-state index is 13.1. The molecule has 0 amide bonds. The van der Waals surface area contributed by atoms with E-state index in [1.165, 1.54) is 10.9 Å². The Morgan fingerprint density at radius 3 is 2.25 bits per heavy atom. The Kier molecular flexibility index (Phi) is 4.44. The fraction of sp³-hybridized carbons (Fsp3) is 0.273. The number of ether oxygens (including phenoxy) is 1. The molecule has 1 N–H and O–H groups in total. The molecule has 1 saturated heterocycles. The highest BCUT2D eigenvalue weighted by molar-refractivity contribution is 7.89. The van der Waals surface area contributed by atoms with Crippen LogP contribution in [0.25, 0.3) is 10.8 Å². The number of sulfonamides is 1. The molecule has 144 valence electrons. The number of nitrogens with one attached hydrogen (secondary N) is 1. The van der Waals surface area contributed by atoms with Crippen LogP contribution in [0.3, 0.4) is 0 Å². The molecule has 1 heterocycles. The highest BCUT2D eigenvalue weighted by atomic mass is 32.2. The number of nitrogens with zero attached hydrogens (tertiary/aromatic N) is 1. The van der Waals surface area contributed by atoms with Crippen LogP contribution in [0.15, 0.2) is 71.6 Å². The molecule has 0 unspecified atom stereocenters. The van der Waals surface area contributed by atoms with Crippen LogP contribution < -0.4 is 4.72 Å². The van der Waals surface area contributed by atoms with Crippen LogP contribution in [0.4, 0.5) is 0 Å². The summed E-state index contributed by atoms with van der Waals surface area (Å²) < 4.78 is 34.8. The maximum absolute atomic E-state index is 13.1. The van der Waals surface area contributed by atoms with Crippen molar-refractivity contribution >= 4 is 20.8 Å². The molecule has 0 bridgehead atoms. The quantitative estimate of drug-likeness (QED) is 0.738. The third-order valence-electron chi connectivity index (χ3n) is 5.71. The summed E-state index contributed by atoms with van der Waals surface area (Å²) in [5.41, 5.74) is 2.24. The molecule has 0 saturated carbocycles. The Hall–Kier alpha value is -2.25. The minimum atomic E-state index is -3.64. The van der Waals surface area contributed by atoms with Gasteiger partial charge in [0.05, 0.1) is 30.2 Å². The summed E-state index contributed by atoms with van der Waals surface area (Å²) in [6.07, 6.45) is 0. The fourth-order valence-corrected chi connectivity index (χ4v) is 5.72. The molecule has 28 heavy (non-hydrogen) atoms. The van der Waals surface area contributed by atoms with Crippen molar-refractivity contribution in [1.82, 2.24) is 9.62 Å². The van der Waals surface area contributed by atoms with Crippen LogP contribution in [0, 0.1) is 0 Å². The number of morpholine rings is 1. The lowest BCUT2D eigenvalue weighted by Crippen LogP contribution is -2.44. The van der Waals surface area contributed by atoms with Gasteiger partial charge in [0.15, 0.2) is 0 Å². The molecule has 6 heteroatoms. The first-order valence-corrected chi connectivity index (χ1v) is 11.0. The summed E-state index contributed by atoms with van der Waals surface area (Å²) in [4.78, 5) is 2.63. The molecular formula is C22H22N2O3S. The van der Waals surface area contributed by atoms with Gasteiger partial charge in [-0.3, -0.25) is 4.90 Å². The van der Waals surface area contributed by atoms with Crippen LogP contribution >= 0.6 is 0 Å². The monoisotopic (exact) mass is 394 g/mol. The second kappa shape index (κ2) is 6.97. The van der Waals surface area contributed by atoms with Gasteiger partial charge in [0.2, 0.25) is 10.0 Å². The molecule has 1 fully saturated rings. The van der Waals surface area contributed by atoms with Gasteiger partial charge in [-0.1, -0.05) is 54.6 Å². The van der Waals surface area contributed by atoms with E-state index < -0.39 is 10.0 Å². The molecule has 5 nitrogen and oxygen atoms in total. The van der Waals surface area contributed by atoms with Crippen molar-refractivity contribution in [2.75, 3.05) is 26.3 Å². The SMILES string of the molecule is O=S(=O)(N[C@@H]1c2cccc3cccc(c23)[C@H]1N1CCOCC1)c1ccccc1. The second-order valence-electron chi connectivity index (χ2n) is 7.30. The zero-order chi connectivity index (χ0) is 19.1. The standard InChI is InChI=1S/C22H22N2O3S/c25-28(26,17-8-2-1-3-9-17)23-21-18-10-4-6-16-7-5-11-19(20(16)18)22(21)24-12-14-27-15-13-24/h1-11,21-23H,12-15H2/t21-,22-/m1/s1.